The van der Waals surface area contributed by atoms with Crippen LogP contribution in [0.2, 0.25) is 0 Å². The molecule has 0 amide bonds. The van der Waals surface area contributed by atoms with E-state index in [1.807, 2.05) is 6.07 Å². The number of aliphatic hydroxyl groups excluding tert-OH is 1. The van der Waals surface area contributed by atoms with Crippen molar-refractivity contribution in [3.8, 4) is 5.75 Å². The summed E-state index contributed by atoms with van der Waals surface area (Å²) in [5.41, 5.74) is -1.97. The van der Waals surface area contributed by atoms with Crippen LogP contribution in [0.4, 0.5) is 26.3 Å². The summed E-state index contributed by atoms with van der Waals surface area (Å²) in [6, 6.07) is 12.4. The van der Waals surface area contributed by atoms with Crippen LogP contribution >= 0.6 is 0 Å². The van der Waals surface area contributed by atoms with Gasteiger partial charge in [0.1, 0.15) is 17.5 Å². The van der Waals surface area contributed by atoms with Crippen molar-refractivity contribution in [2.75, 3.05) is 6.54 Å². The summed E-state index contributed by atoms with van der Waals surface area (Å²) in [7, 11) is 0. The maximum atomic E-state index is 13.1. The average molecular weight is 462 g/mol. The van der Waals surface area contributed by atoms with E-state index < -0.39 is 36.2 Å². The molecule has 1 aromatic carbocycles. The van der Waals surface area contributed by atoms with Crippen LogP contribution in [-0.4, -0.2) is 40.6 Å². The van der Waals surface area contributed by atoms with E-state index in [4.69, 9.17) is 4.74 Å². The van der Waals surface area contributed by atoms with E-state index in [0.717, 1.165) is 6.07 Å². The number of ether oxygens (including phenoxy) is 1. The van der Waals surface area contributed by atoms with Gasteiger partial charge in [0.25, 0.3) is 0 Å². The highest BCUT2D eigenvalue weighted by Crippen LogP contribution is 2.35. The molecule has 32 heavy (non-hydrogen) atoms. The molecule has 1 aromatic heterocycles. The molecule has 10 heteroatoms. The third-order valence-corrected chi connectivity index (χ3v) is 5.51. The molecular weight excluding hydrogens is 438 g/mol. The standard InChI is InChI=1S/C22H24F6N2O2/c23-21(24,25)18-10-4-6-15(30-18)12-20(29-14-19(31)22(26,27)28)11-5-9-17(13-20)32-16-7-2-1-3-8-16/h1-4,6-8,10,17,19,29,31H,5,9,11-14H2. The van der Waals surface area contributed by atoms with Gasteiger partial charge in [0.05, 0.1) is 0 Å². The molecule has 1 saturated carbocycles. The van der Waals surface area contributed by atoms with Crippen LogP contribution in [0.3, 0.4) is 0 Å². The molecule has 1 fully saturated rings. The summed E-state index contributed by atoms with van der Waals surface area (Å²) in [6.45, 7) is -0.777. The number of hydrogen-bond acceptors (Lipinski definition) is 4. The summed E-state index contributed by atoms with van der Waals surface area (Å²) in [5, 5.41) is 12.3. The minimum atomic E-state index is -4.81. The van der Waals surface area contributed by atoms with Crippen molar-refractivity contribution in [3.05, 3.63) is 59.9 Å². The molecule has 1 aliphatic carbocycles. The van der Waals surface area contributed by atoms with E-state index >= 15 is 0 Å². The number of pyridine rings is 1. The van der Waals surface area contributed by atoms with E-state index in [-0.39, 0.29) is 24.6 Å². The van der Waals surface area contributed by atoms with Gasteiger partial charge in [0.2, 0.25) is 0 Å². The second-order valence-electron chi connectivity index (χ2n) is 8.06. The first-order chi connectivity index (χ1) is 15.0. The molecule has 3 atom stereocenters. The summed E-state index contributed by atoms with van der Waals surface area (Å²) in [6.07, 6.45) is -10.5. The van der Waals surface area contributed by atoms with E-state index in [2.05, 4.69) is 10.3 Å². The second kappa shape index (κ2) is 9.66. The van der Waals surface area contributed by atoms with E-state index in [1.54, 1.807) is 24.3 Å². The van der Waals surface area contributed by atoms with Crippen molar-refractivity contribution in [1.29, 1.82) is 0 Å². The van der Waals surface area contributed by atoms with Crippen LogP contribution in [0.5, 0.6) is 5.75 Å². The molecule has 0 bridgehead atoms. The number of alkyl halides is 6. The SMILES string of the molecule is OC(CNC1(Cc2cccc(C(F)(F)F)n2)CCCC(Oc2ccccc2)C1)C(F)(F)F. The molecule has 0 aliphatic heterocycles. The largest absolute Gasteiger partial charge is 0.490 e. The fourth-order valence-corrected chi connectivity index (χ4v) is 4.00. The lowest BCUT2D eigenvalue weighted by atomic mass is 9.76. The third-order valence-electron chi connectivity index (χ3n) is 5.51. The Balaban J connectivity index is 1.82. The lowest BCUT2D eigenvalue weighted by Crippen LogP contribution is -2.56. The van der Waals surface area contributed by atoms with Crippen molar-refractivity contribution in [2.24, 2.45) is 0 Å². The summed E-state index contributed by atoms with van der Waals surface area (Å²) in [4.78, 5) is 3.68. The zero-order valence-electron chi connectivity index (χ0n) is 17.1. The monoisotopic (exact) mass is 462 g/mol. The first-order valence-electron chi connectivity index (χ1n) is 10.2. The minimum Gasteiger partial charge on any atom is -0.490 e. The quantitative estimate of drug-likeness (QED) is 0.574. The van der Waals surface area contributed by atoms with Crippen molar-refractivity contribution in [2.45, 2.75) is 62.2 Å². The highest BCUT2D eigenvalue weighted by Gasteiger charge is 2.43. The fraction of sp³-hybridized carbons (Fsp3) is 0.500. The van der Waals surface area contributed by atoms with Gasteiger partial charge in [-0.1, -0.05) is 24.3 Å². The van der Waals surface area contributed by atoms with Crippen LogP contribution in [0.1, 0.15) is 37.1 Å². The molecule has 1 heterocycles. The van der Waals surface area contributed by atoms with Gasteiger partial charge in [0.15, 0.2) is 6.10 Å². The Morgan fingerprint density at radius 1 is 1.06 bits per heavy atom. The molecule has 3 rings (SSSR count). The van der Waals surface area contributed by atoms with E-state index in [1.165, 1.54) is 12.1 Å². The van der Waals surface area contributed by atoms with Crippen LogP contribution in [-0.2, 0) is 12.6 Å². The van der Waals surface area contributed by atoms with Gasteiger partial charge < -0.3 is 15.2 Å². The Morgan fingerprint density at radius 2 is 1.78 bits per heavy atom. The maximum Gasteiger partial charge on any atom is 0.433 e. The Morgan fingerprint density at radius 3 is 2.44 bits per heavy atom. The molecule has 0 saturated heterocycles. The molecule has 2 aromatic rings. The second-order valence-corrected chi connectivity index (χ2v) is 8.06. The molecule has 3 unspecified atom stereocenters. The Hall–Kier alpha value is -2.33. The predicted molar refractivity (Wildman–Crippen MR) is 105 cm³/mol. The number of hydrogen-bond donors (Lipinski definition) is 2. The van der Waals surface area contributed by atoms with Gasteiger partial charge in [-0.2, -0.15) is 26.3 Å². The molecule has 176 valence electrons. The maximum absolute atomic E-state index is 13.1. The third kappa shape index (κ3) is 6.59. The number of aliphatic hydroxyl groups is 1. The number of halogens is 6. The number of para-hydroxylation sites is 1. The van der Waals surface area contributed by atoms with Gasteiger partial charge in [-0.05, 0) is 43.5 Å². The molecule has 2 N–H and O–H groups in total. The van der Waals surface area contributed by atoms with Crippen molar-refractivity contribution in [1.82, 2.24) is 10.3 Å². The van der Waals surface area contributed by atoms with Crippen LogP contribution in [0.15, 0.2) is 48.5 Å². The van der Waals surface area contributed by atoms with E-state index in [0.29, 0.717) is 25.0 Å². The lowest BCUT2D eigenvalue weighted by Gasteiger charge is -2.42. The topological polar surface area (TPSA) is 54.4 Å². The van der Waals surface area contributed by atoms with Gasteiger partial charge in [-0.3, -0.25) is 0 Å². The molecular formula is C22H24F6N2O2. The molecule has 1 aliphatic rings. The summed E-state index contributed by atoms with van der Waals surface area (Å²) in [5.74, 6) is 0.598. The predicted octanol–water partition coefficient (Wildman–Crippen LogP) is 4.92. The van der Waals surface area contributed by atoms with Crippen LogP contribution < -0.4 is 10.1 Å². The number of nitrogens with zero attached hydrogens (tertiary/aromatic N) is 1. The van der Waals surface area contributed by atoms with Gasteiger partial charge in [0, 0.05) is 30.6 Å². The number of benzene rings is 1. The Kier molecular flexibility index (Phi) is 7.34. The van der Waals surface area contributed by atoms with Gasteiger partial charge in [-0.25, -0.2) is 4.98 Å². The molecule has 0 radical (unpaired) electrons. The average Bonchev–Trinajstić information content (AvgIpc) is 2.72. The first kappa shape index (κ1) is 24.3. The smallest absolute Gasteiger partial charge is 0.433 e. The van der Waals surface area contributed by atoms with Crippen LogP contribution in [0.25, 0.3) is 0 Å². The summed E-state index contributed by atoms with van der Waals surface area (Å²) < 4.78 is 83.8. The number of nitrogens with one attached hydrogen (secondary N) is 1. The zero-order valence-corrected chi connectivity index (χ0v) is 17.1. The van der Waals surface area contributed by atoms with Crippen molar-refractivity contribution >= 4 is 0 Å². The van der Waals surface area contributed by atoms with Gasteiger partial charge >= 0.3 is 12.4 Å². The number of aromatic nitrogens is 1. The fourth-order valence-electron chi connectivity index (χ4n) is 4.00. The minimum absolute atomic E-state index is 0.0316. The van der Waals surface area contributed by atoms with Crippen molar-refractivity contribution < 1.29 is 36.2 Å². The normalized spacial score (nSPS) is 23.0. The summed E-state index contributed by atoms with van der Waals surface area (Å²) >= 11 is 0. The molecule has 4 nitrogen and oxygen atoms in total. The van der Waals surface area contributed by atoms with Gasteiger partial charge in [-0.15, -0.1) is 0 Å². The van der Waals surface area contributed by atoms with E-state index in [9.17, 15) is 31.4 Å². The zero-order chi connectivity index (χ0) is 23.4. The Bertz CT molecular complexity index is 875. The number of β-amino-alcohol motifs (C(OH)–C–C–N with tert-alkyl or cyclic N) is 1. The number of rotatable bonds is 7. The molecule has 0 spiro atoms. The van der Waals surface area contributed by atoms with Crippen LogP contribution in [0, 0.1) is 0 Å². The first-order valence-corrected chi connectivity index (χ1v) is 10.2. The highest BCUT2D eigenvalue weighted by atomic mass is 19.4. The highest BCUT2D eigenvalue weighted by molar-refractivity contribution is 5.22. The van der Waals surface area contributed by atoms with Crippen molar-refractivity contribution in [3.63, 3.8) is 0 Å². The Labute approximate surface area is 181 Å². The lowest BCUT2D eigenvalue weighted by molar-refractivity contribution is -0.203.